The number of aromatic nitrogens is 2. The highest BCUT2D eigenvalue weighted by Gasteiger charge is 2.21. The van der Waals surface area contributed by atoms with Gasteiger partial charge in [-0.2, -0.15) is 0 Å². The molecule has 0 radical (unpaired) electrons. The molecule has 120 valence electrons. The molecular weight excluding hydrogens is 356 g/mol. The Morgan fingerprint density at radius 1 is 1.17 bits per heavy atom. The lowest BCUT2D eigenvalue weighted by molar-refractivity contribution is 0.0786. The van der Waals surface area contributed by atoms with E-state index >= 15 is 0 Å². The summed E-state index contributed by atoms with van der Waals surface area (Å²) in [6.07, 6.45) is 2.14. The lowest BCUT2D eigenvalue weighted by atomic mass is 10.2. The number of hydrogen-bond donors (Lipinski definition) is 1. The minimum Gasteiger partial charge on any atom is -0.340 e. The molecule has 0 bridgehead atoms. The van der Waals surface area contributed by atoms with Crippen molar-refractivity contribution < 1.29 is 4.79 Å². The molecule has 0 aliphatic carbocycles. The van der Waals surface area contributed by atoms with E-state index in [-0.39, 0.29) is 5.91 Å². The van der Waals surface area contributed by atoms with Crippen molar-refractivity contribution in [1.82, 2.24) is 14.9 Å². The molecule has 2 aromatic rings. The Bertz CT molecular complexity index is 741. The van der Waals surface area contributed by atoms with Crippen LogP contribution in [-0.2, 0) is 0 Å². The van der Waals surface area contributed by atoms with Crippen molar-refractivity contribution in [3.05, 3.63) is 45.8 Å². The van der Waals surface area contributed by atoms with E-state index in [4.69, 9.17) is 0 Å². The fourth-order valence-corrected chi connectivity index (χ4v) is 2.94. The summed E-state index contributed by atoms with van der Waals surface area (Å²) in [7, 11) is 0. The Morgan fingerprint density at radius 3 is 2.61 bits per heavy atom. The molecule has 1 aromatic heterocycles. The smallest absolute Gasteiger partial charge is 0.272 e. The van der Waals surface area contributed by atoms with Crippen molar-refractivity contribution in [1.29, 1.82) is 0 Å². The predicted octanol–water partition coefficient (Wildman–Crippen LogP) is 3.84. The molecule has 1 saturated heterocycles. The number of nitrogens with zero attached hydrogens (tertiary/aromatic N) is 3. The summed E-state index contributed by atoms with van der Waals surface area (Å²) in [5.41, 5.74) is 2.52. The Morgan fingerprint density at radius 2 is 1.91 bits per heavy atom. The average molecular weight is 375 g/mol. The van der Waals surface area contributed by atoms with Gasteiger partial charge >= 0.3 is 0 Å². The van der Waals surface area contributed by atoms with Gasteiger partial charge in [-0.3, -0.25) is 4.79 Å². The van der Waals surface area contributed by atoms with Crippen LogP contribution in [0, 0.1) is 13.8 Å². The zero-order valence-corrected chi connectivity index (χ0v) is 14.9. The Kier molecular flexibility index (Phi) is 4.61. The maximum absolute atomic E-state index is 12.5. The van der Waals surface area contributed by atoms with E-state index < -0.39 is 0 Å². The standard InChI is InChI=1S/C17H19BrN4O/c1-11-9-13(5-6-14(11)18)21-16-10-15(19-12(2)20-16)17(23)22-7-3-4-8-22/h5-6,9-10H,3-4,7-8H2,1-2H3,(H,19,20,21). The zero-order valence-electron chi connectivity index (χ0n) is 13.3. The van der Waals surface area contributed by atoms with Crippen LogP contribution in [0.5, 0.6) is 0 Å². The van der Waals surface area contributed by atoms with E-state index in [1.165, 1.54) is 0 Å². The number of carbonyl (C=O) groups excluding carboxylic acids is 1. The van der Waals surface area contributed by atoms with Crippen LogP contribution >= 0.6 is 15.9 Å². The summed E-state index contributed by atoms with van der Waals surface area (Å²) in [5, 5.41) is 3.26. The summed E-state index contributed by atoms with van der Waals surface area (Å²) in [6.45, 7) is 5.47. The summed E-state index contributed by atoms with van der Waals surface area (Å²) in [6, 6.07) is 7.72. The first-order valence-electron chi connectivity index (χ1n) is 7.71. The molecule has 1 N–H and O–H groups in total. The number of hydrogen-bond acceptors (Lipinski definition) is 4. The number of aryl methyl sites for hydroxylation is 2. The number of benzene rings is 1. The van der Waals surface area contributed by atoms with Gasteiger partial charge in [-0.15, -0.1) is 0 Å². The highest BCUT2D eigenvalue weighted by atomic mass is 79.9. The molecule has 1 fully saturated rings. The van der Waals surface area contributed by atoms with E-state index in [0.717, 1.165) is 41.7 Å². The first kappa shape index (κ1) is 15.9. The van der Waals surface area contributed by atoms with Crippen molar-refractivity contribution in [2.75, 3.05) is 18.4 Å². The summed E-state index contributed by atoms with van der Waals surface area (Å²) in [4.78, 5) is 23.0. The number of amides is 1. The first-order valence-corrected chi connectivity index (χ1v) is 8.50. The summed E-state index contributed by atoms with van der Waals surface area (Å²) in [5.74, 6) is 1.22. The van der Waals surface area contributed by atoms with Crippen LogP contribution in [-0.4, -0.2) is 33.9 Å². The third-order valence-electron chi connectivity index (χ3n) is 3.88. The second-order valence-corrected chi connectivity index (χ2v) is 6.63. The largest absolute Gasteiger partial charge is 0.340 e. The molecule has 0 atom stereocenters. The minimum absolute atomic E-state index is 0.0111. The topological polar surface area (TPSA) is 58.1 Å². The predicted molar refractivity (Wildman–Crippen MR) is 94.1 cm³/mol. The van der Waals surface area contributed by atoms with Crippen LogP contribution in [0.2, 0.25) is 0 Å². The van der Waals surface area contributed by atoms with Gasteiger partial charge in [-0.1, -0.05) is 15.9 Å². The van der Waals surface area contributed by atoms with Crippen molar-refractivity contribution >= 4 is 33.3 Å². The number of nitrogens with one attached hydrogen (secondary N) is 1. The van der Waals surface area contributed by atoms with Gasteiger partial charge in [0.15, 0.2) is 0 Å². The molecular formula is C17H19BrN4O. The molecule has 1 aliphatic rings. The van der Waals surface area contributed by atoms with Gasteiger partial charge in [0.2, 0.25) is 0 Å². The highest BCUT2D eigenvalue weighted by molar-refractivity contribution is 9.10. The van der Waals surface area contributed by atoms with E-state index in [9.17, 15) is 4.79 Å². The fourth-order valence-electron chi connectivity index (χ4n) is 2.69. The van der Waals surface area contributed by atoms with Crippen molar-refractivity contribution in [3.8, 4) is 0 Å². The van der Waals surface area contributed by atoms with Gasteiger partial charge in [0.05, 0.1) is 0 Å². The van der Waals surface area contributed by atoms with Gasteiger partial charge in [-0.05, 0) is 50.5 Å². The highest BCUT2D eigenvalue weighted by Crippen LogP contribution is 2.23. The number of rotatable bonds is 3. The van der Waals surface area contributed by atoms with Crippen LogP contribution < -0.4 is 5.32 Å². The molecule has 0 unspecified atom stereocenters. The third kappa shape index (κ3) is 3.69. The zero-order chi connectivity index (χ0) is 16.4. The van der Waals surface area contributed by atoms with E-state index in [2.05, 4.69) is 31.2 Å². The van der Waals surface area contributed by atoms with Crippen LogP contribution in [0.4, 0.5) is 11.5 Å². The Hall–Kier alpha value is -1.95. The minimum atomic E-state index is -0.0111. The molecule has 0 saturated carbocycles. The monoisotopic (exact) mass is 374 g/mol. The maximum atomic E-state index is 12.5. The van der Waals surface area contributed by atoms with Crippen LogP contribution in [0.15, 0.2) is 28.7 Å². The molecule has 5 nitrogen and oxygen atoms in total. The van der Waals surface area contributed by atoms with Gasteiger partial charge in [-0.25, -0.2) is 9.97 Å². The third-order valence-corrected chi connectivity index (χ3v) is 4.77. The molecule has 23 heavy (non-hydrogen) atoms. The molecule has 0 spiro atoms. The van der Waals surface area contributed by atoms with Crippen LogP contribution in [0.25, 0.3) is 0 Å². The van der Waals surface area contributed by atoms with Crippen molar-refractivity contribution in [2.45, 2.75) is 26.7 Å². The SMILES string of the molecule is Cc1nc(Nc2ccc(Br)c(C)c2)cc(C(=O)N2CCCC2)n1. The van der Waals surface area contributed by atoms with Gasteiger partial charge in [0.1, 0.15) is 17.3 Å². The number of carbonyl (C=O) groups is 1. The number of likely N-dealkylation sites (tertiary alicyclic amines) is 1. The Balaban J connectivity index is 1.84. The normalized spacial score (nSPS) is 14.1. The molecule has 6 heteroatoms. The summed E-state index contributed by atoms with van der Waals surface area (Å²) < 4.78 is 1.06. The molecule has 3 rings (SSSR count). The molecule has 1 aliphatic heterocycles. The van der Waals surface area contributed by atoms with Crippen molar-refractivity contribution in [2.24, 2.45) is 0 Å². The lowest BCUT2D eigenvalue weighted by Gasteiger charge is -2.15. The van der Waals surface area contributed by atoms with Gasteiger partial charge < -0.3 is 10.2 Å². The second kappa shape index (κ2) is 6.66. The Labute approximate surface area is 144 Å². The second-order valence-electron chi connectivity index (χ2n) is 5.77. The number of anilines is 2. The van der Waals surface area contributed by atoms with Crippen LogP contribution in [0.1, 0.15) is 34.7 Å². The average Bonchev–Trinajstić information content (AvgIpc) is 3.04. The lowest BCUT2D eigenvalue weighted by Crippen LogP contribution is -2.28. The molecule has 1 amide bonds. The first-order chi connectivity index (χ1) is 11.0. The number of halogens is 1. The quantitative estimate of drug-likeness (QED) is 0.886. The van der Waals surface area contributed by atoms with Crippen LogP contribution in [0.3, 0.4) is 0 Å². The van der Waals surface area contributed by atoms with E-state index in [1.54, 1.807) is 13.0 Å². The van der Waals surface area contributed by atoms with Gasteiger partial charge in [0.25, 0.3) is 5.91 Å². The molecule has 2 heterocycles. The van der Waals surface area contributed by atoms with Crippen molar-refractivity contribution in [3.63, 3.8) is 0 Å². The van der Waals surface area contributed by atoms with E-state index in [0.29, 0.717) is 17.3 Å². The van der Waals surface area contributed by atoms with Gasteiger partial charge in [0, 0.05) is 29.3 Å². The van der Waals surface area contributed by atoms with E-state index in [1.807, 2.05) is 30.0 Å². The molecule has 1 aromatic carbocycles. The fraction of sp³-hybridized carbons (Fsp3) is 0.353. The summed E-state index contributed by atoms with van der Waals surface area (Å²) >= 11 is 3.49. The maximum Gasteiger partial charge on any atom is 0.272 e.